The molecule has 1 aromatic carbocycles. The molecule has 28 heavy (non-hydrogen) atoms. The van der Waals surface area contributed by atoms with Crippen molar-refractivity contribution in [3.05, 3.63) is 63.7 Å². The Bertz CT molecular complexity index is 847. The molecule has 0 heterocycles. The van der Waals surface area contributed by atoms with Crippen LogP contribution in [0.1, 0.15) is 76.3 Å². The molecule has 150 valence electrons. The van der Waals surface area contributed by atoms with Crippen LogP contribution in [0.25, 0.3) is 18.7 Å². The van der Waals surface area contributed by atoms with Gasteiger partial charge in [0, 0.05) is 11.7 Å². The standard InChI is InChI=1S/C27H37N/c1-5-6-10-21(3)28-27-15-13-23(14-16-27)18-25-19-26(17-20(2)22(25)4)24-11-8-7-9-12-24/h5-6,10-11,17,19,23,27-28H,2,4,7-9,12-16,18H2,1,3H3/b6-5+,21-10+. The van der Waals surface area contributed by atoms with E-state index in [-0.39, 0.29) is 0 Å². The van der Waals surface area contributed by atoms with Gasteiger partial charge in [0.1, 0.15) is 0 Å². The lowest BCUT2D eigenvalue weighted by atomic mass is 9.81. The lowest BCUT2D eigenvalue weighted by Crippen LogP contribution is -2.33. The molecule has 0 spiro atoms. The van der Waals surface area contributed by atoms with Crippen molar-refractivity contribution < 1.29 is 0 Å². The van der Waals surface area contributed by atoms with Gasteiger partial charge in [0.15, 0.2) is 0 Å². The second-order valence-corrected chi connectivity index (χ2v) is 8.69. The quantitative estimate of drug-likeness (QED) is 0.635. The van der Waals surface area contributed by atoms with Crippen LogP contribution in [0.4, 0.5) is 0 Å². The van der Waals surface area contributed by atoms with Crippen LogP contribution in [0.15, 0.2) is 42.1 Å². The van der Waals surface area contributed by atoms with Crippen LogP contribution in [0.3, 0.4) is 0 Å². The van der Waals surface area contributed by atoms with Gasteiger partial charge >= 0.3 is 0 Å². The zero-order valence-corrected chi connectivity index (χ0v) is 17.9. The Labute approximate surface area is 171 Å². The van der Waals surface area contributed by atoms with Crippen molar-refractivity contribution in [3.63, 3.8) is 0 Å². The number of rotatable bonds is 6. The highest BCUT2D eigenvalue weighted by Crippen LogP contribution is 2.29. The number of allylic oxidation sites excluding steroid dienone is 6. The molecule has 2 aliphatic rings. The summed E-state index contributed by atoms with van der Waals surface area (Å²) in [7, 11) is 0. The Balaban J connectivity index is 1.63. The highest BCUT2D eigenvalue weighted by atomic mass is 14.9. The Morgan fingerprint density at radius 2 is 1.93 bits per heavy atom. The maximum Gasteiger partial charge on any atom is 0.0258 e. The zero-order chi connectivity index (χ0) is 19.9. The maximum absolute atomic E-state index is 4.35. The lowest BCUT2D eigenvalue weighted by Gasteiger charge is -2.30. The number of hydrogen-bond acceptors (Lipinski definition) is 1. The SMILES string of the molecule is C=c1cc(C2=CCCCC2)cc(CC2CCC(N/C(C)=C/C=C/C)CC2)c1=C. The summed E-state index contributed by atoms with van der Waals surface area (Å²) in [6, 6.07) is 5.30. The summed E-state index contributed by atoms with van der Waals surface area (Å²) in [6.45, 7) is 12.9. The second-order valence-electron chi connectivity index (χ2n) is 8.69. The average molecular weight is 376 g/mol. The van der Waals surface area contributed by atoms with E-state index in [9.17, 15) is 0 Å². The number of nitrogens with one attached hydrogen (secondary N) is 1. The molecule has 1 fully saturated rings. The highest BCUT2D eigenvalue weighted by Gasteiger charge is 2.21. The fraction of sp³-hybridized carbons (Fsp3) is 0.481. The van der Waals surface area contributed by atoms with E-state index in [1.165, 1.54) is 73.8 Å². The predicted molar refractivity (Wildman–Crippen MR) is 124 cm³/mol. The van der Waals surface area contributed by atoms with Crippen LogP contribution in [-0.4, -0.2) is 6.04 Å². The molecule has 1 saturated carbocycles. The van der Waals surface area contributed by atoms with Gasteiger partial charge in [0.25, 0.3) is 0 Å². The summed E-state index contributed by atoms with van der Waals surface area (Å²) in [5, 5.41) is 5.96. The third-order valence-electron chi connectivity index (χ3n) is 6.42. The Morgan fingerprint density at radius 1 is 1.14 bits per heavy atom. The zero-order valence-electron chi connectivity index (χ0n) is 17.9. The van der Waals surface area contributed by atoms with Crippen LogP contribution in [-0.2, 0) is 6.42 Å². The molecule has 0 saturated heterocycles. The third kappa shape index (κ3) is 5.50. The highest BCUT2D eigenvalue weighted by molar-refractivity contribution is 5.67. The van der Waals surface area contributed by atoms with Gasteiger partial charge in [-0.2, -0.15) is 0 Å². The molecule has 3 rings (SSSR count). The van der Waals surface area contributed by atoms with Gasteiger partial charge in [-0.3, -0.25) is 0 Å². The number of benzene rings is 1. The van der Waals surface area contributed by atoms with Crippen molar-refractivity contribution in [2.24, 2.45) is 5.92 Å². The van der Waals surface area contributed by atoms with E-state index in [2.05, 4.69) is 68.8 Å². The topological polar surface area (TPSA) is 12.0 Å². The molecule has 0 unspecified atom stereocenters. The molecule has 0 bridgehead atoms. The van der Waals surface area contributed by atoms with E-state index >= 15 is 0 Å². The van der Waals surface area contributed by atoms with Gasteiger partial charge in [-0.15, -0.1) is 0 Å². The first-order chi connectivity index (χ1) is 13.6. The lowest BCUT2D eigenvalue weighted by molar-refractivity contribution is 0.301. The van der Waals surface area contributed by atoms with Gasteiger partial charge in [0.2, 0.25) is 0 Å². The molecule has 2 aliphatic carbocycles. The van der Waals surface area contributed by atoms with Crippen LogP contribution in [0.5, 0.6) is 0 Å². The summed E-state index contributed by atoms with van der Waals surface area (Å²) in [6.07, 6.45) is 20.2. The molecule has 0 aliphatic heterocycles. The summed E-state index contributed by atoms with van der Waals surface area (Å²) in [5.74, 6) is 0.772. The number of hydrogen-bond donors (Lipinski definition) is 1. The van der Waals surface area contributed by atoms with E-state index in [4.69, 9.17) is 0 Å². The summed E-state index contributed by atoms with van der Waals surface area (Å²) in [5.41, 5.74) is 5.62. The second kappa shape index (κ2) is 9.96. The molecule has 1 nitrogen and oxygen atoms in total. The van der Waals surface area contributed by atoms with E-state index in [1.54, 1.807) is 0 Å². The fourth-order valence-electron chi connectivity index (χ4n) is 4.70. The van der Waals surface area contributed by atoms with Crippen LogP contribution in [0.2, 0.25) is 0 Å². The first-order valence-corrected chi connectivity index (χ1v) is 11.1. The summed E-state index contributed by atoms with van der Waals surface area (Å²) < 4.78 is 0. The van der Waals surface area contributed by atoms with E-state index in [0.717, 1.165) is 22.8 Å². The molecule has 1 heteroatoms. The van der Waals surface area contributed by atoms with Crippen molar-refractivity contribution in [1.82, 2.24) is 5.32 Å². The molecule has 0 aromatic heterocycles. The van der Waals surface area contributed by atoms with Crippen molar-refractivity contribution in [2.45, 2.75) is 77.7 Å². The molecule has 0 atom stereocenters. The van der Waals surface area contributed by atoms with Crippen molar-refractivity contribution in [3.8, 4) is 0 Å². The van der Waals surface area contributed by atoms with E-state index in [0.29, 0.717) is 6.04 Å². The monoisotopic (exact) mass is 375 g/mol. The van der Waals surface area contributed by atoms with Crippen molar-refractivity contribution >= 4 is 18.7 Å². The molecule has 1 N–H and O–H groups in total. The Kier molecular flexibility index (Phi) is 7.36. The minimum absolute atomic E-state index is 0.624. The Morgan fingerprint density at radius 3 is 2.61 bits per heavy atom. The minimum Gasteiger partial charge on any atom is -0.386 e. The first-order valence-electron chi connectivity index (χ1n) is 11.1. The van der Waals surface area contributed by atoms with Crippen LogP contribution >= 0.6 is 0 Å². The molecule has 1 aromatic rings. The van der Waals surface area contributed by atoms with Gasteiger partial charge in [0.05, 0.1) is 0 Å². The average Bonchev–Trinajstić information content (AvgIpc) is 2.71. The maximum atomic E-state index is 4.35. The van der Waals surface area contributed by atoms with Crippen LogP contribution < -0.4 is 15.8 Å². The van der Waals surface area contributed by atoms with Crippen molar-refractivity contribution in [2.75, 3.05) is 0 Å². The Hall–Kier alpha value is -2.02. The minimum atomic E-state index is 0.624. The first kappa shape index (κ1) is 20.7. The largest absolute Gasteiger partial charge is 0.386 e. The summed E-state index contributed by atoms with van der Waals surface area (Å²) >= 11 is 0. The van der Waals surface area contributed by atoms with E-state index in [1.807, 2.05) is 0 Å². The van der Waals surface area contributed by atoms with Gasteiger partial charge in [-0.1, -0.05) is 37.5 Å². The normalized spacial score (nSPS) is 23.6. The third-order valence-corrected chi connectivity index (χ3v) is 6.42. The molecular formula is C27H37N. The summed E-state index contributed by atoms with van der Waals surface area (Å²) in [4.78, 5) is 0. The van der Waals surface area contributed by atoms with Gasteiger partial charge < -0.3 is 5.32 Å². The molecular weight excluding hydrogens is 338 g/mol. The molecule has 0 amide bonds. The molecule has 0 radical (unpaired) electrons. The van der Waals surface area contributed by atoms with Crippen LogP contribution in [0, 0.1) is 5.92 Å². The van der Waals surface area contributed by atoms with Gasteiger partial charge in [-0.05, 0) is 117 Å². The fourth-order valence-corrected chi connectivity index (χ4v) is 4.70. The predicted octanol–water partition coefficient (Wildman–Crippen LogP) is 5.64. The smallest absolute Gasteiger partial charge is 0.0258 e. The van der Waals surface area contributed by atoms with Gasteiger partial charge in [-0.25, -0.2) is 0 Å². The van der Waals surface area contributed by atoms with E-state index < -0.39 is 0 Å². The van der Waals surface area contributed by atoms with Crippen molar-refractivity contribution in [1.29, 1.82) is 0 Å².